The third kappa shape index (κ3) is 3.39. The molecule has 1 aliphatic heterocycles. The van der Waals surface area contributed by atoms with Crippen molar-refractivity contribution in [2.75, 3.05) is 6.54 Å². The molecular formula is C32H54N2O5. The number of aliphatic hydroxyl groups excluding tert-OH is 2. The van der Waals surface area contributed by atoms with Crippen molar-refractivity contribution in [2.45, 2.75) is 136 Å². The van der Waals surface area contributed by atoms with Crippen LogP contribution in [0, 0.1) is 51.2 Å². The summed E-state index contributed by atoms with van der Waals surface area (Å²) in [6, 6.07) is 0. The van der Waals surface area contributed by atoms with E-state index in [0.29, 0.717) is 18.4 Å². The smallest absolute Gasteiger partial charge is 0.407 e. The molecule has 222 valence electrons. The van der Waals surface area contributed by atoms with Crippen molar-refractivity contribution in [2.24, 2.45) is 57.0 Å². The molecule has 2 spiro atoms. The summed E-state index contributed by atoms with van der Waals surface area (Å²) >= 11 is 0. The molecule has 39 heavy (non-hydrogen) atoms. The van der Waals surface area contributed by atoms with E-state index < -0.39 is 17.7 Å². The van der Waals surface area contributed by atoms with Crippen LogP contribution in [0.3, 0.4) is 0 Å². The van der Waals surface area contributed by atoms with Crippen LogP contribution < -0.4 is 11.1 Å². The van der Waals surface area contributed by atoms with Crippen LogP contribution in [0.2, 0.25) is 0 Å². The average molecular weight is 547 g/mol. The number of carbonyl (C=O) groups is 1. The van der Waals surface area contributed by atoms with Gasteiger partial charge < -0.3 is 30.7 Å². The first-order valence-corrected chi connectivity index (χ1v) is 16.0. The van der Waals surface area contributed by atoms with Gasteiger partial charge in [0.15, 0.2) is 0 Å². The largest absolute Gasteiger partial charge is 0.443 e. The van der Waals surface area contributed by atoms with Gasteiger partial charge in [0.25, 0.3) is 0 Å². The molecule has 5 saturated carbocycles. The molecule has 0 bridgehead atoms. The number of nitrogens with two attached hydrogens (primary N) is 1. The molecular weight excluding hydrogens is 492 g/mol. The van der Waals surface area contributed by atoms with Crippen LogP contribution in [0.5, 0.6) is 0 Å². The number of aliphatic hydroxyl groups is 2. The Bertz CT molecular complexity index is 1000. The van der Waals surface area contributed by atoms with Crippen LogP contribution in [-0.2, 0) is 9.47 Å². The van der Waals surface area contributed by atoms with Crippen molar-refractivity contribution < 1.29 is 24.5 Å². The fraction of sp³-hybridized carbons (Fsp3) is 0.969. The van der Waals surface area contributed by atoms with Gasteiger partial charge in [0.05, 0.1) is 30.0 Å². The number of hydrogen-bond acceptors (Lipinski definition) is 6. The maximum atomic E-state index is 12.4. The highest BCUT2D eigenvalue weighted by atomic mass is 16.6. The van der Waals surface area contributed by atoms with Crippen LogP contribution in [0.25, 0.3) is 0 Å². The highest BCUT2D eigenvalue weighted by Gasteiger charge is 2.85. The standard InChI is InChI=1S/C32H54N2O5/c1-8-34-27(37)39-24(17(2)3)19-15-18(4)23-25(38-19)26(36)32(33)21-10-9-20-28(5,6)22(35)11-12-30(20)16-31(21,30)14-13-29(23,32)7/h17-26,35-36H,8-16,33H2,1-7H3,(H,34,37). The number of carbonyl (C=O) groups excluding carboxylic acids is 1. The van der Waals surface area contributed by atoms with Gasteiger partial charge in [0.2, 0.25) is 0 Å². The summed E-state index contributed by atoms with van der Waals surface area (Å²) in [5, 5.41) is 26.0. The van der Waals surface area contributed by atoms with E-state index in [1.165, 1.54) is 12.8 Å². The SMILES string of the molecule is CCNC(=O)OC(C(C)C)C1CC(C)C2C(O1)C(O)C1(N)C3CCC4C(C)(C)C(O)CCC45CC35CCC21C. The Morgan fingerprint density at radius 2 is 1.74 bits per heavy atom. The average Bonchev–Trinajstić information content (AvgIpc) is 3.50. The van der Waals surface area contributed by atoms with Crippen LogP contribution in [0.1, 0.15) is 99.8 Å². The van der Waals surface area contributed by atoms with E-state index in [4.69, 9.17) is 15.2 Å². The second kappa shape index (κ2) is 8.81. The molecule has 1 heterocycles. The minimum atomic E-state index is -0.742. The molecule has 5 aliphatic carbocycles. The van der Waals surface area contributed by atoms with Crippen LogP contribution >= 0.6 is 0 Å². The van der Waals surface area contributed by atoms with Crippen molar-refractivity contribution >= 4 is 6.09 Å². The van der Waals surface area contributed by atoms with E-state index >= 15 is 0 Å². The maximum absolute atomic E-state index is 12.4. The molecule has 7 nitrogen and oxygen atoms in total. The molecule has 5 N–H and O–H groups in total. The number of fused-ring (bicyclic) bond motifs is 4. The minimum Gasteiger partial charge on any atom is -0.443 e. The Kier molecular flexibility index (Phi) is 6.38. The third-order valence-electron chi connectivity index (χ3n) is 13.9. The molecule has 0 aromatic carbocycles. The monoisotopic (exact) mass is 546 g/mol. The lowest BCUT2D eigenvalue weighted by molar-refractivity contribution is -0.178. The number of ether oxygens (including phenoxy) is 2. The van der Waals surface area contributed by atoms with Crippen molar-refractivity contribution in [3.05, 3.63) is 0 Å². The predicted octanol–water partition coefficient (Wildman–Crippen LogP) is 4.62. The van der Waals surface area contributed by atoms with Gasteiger partial charge in [-0.1, -0.05) is 41.5 Å². The van der Waals surface area contributed by atoms with Crippen LogP contribution in [-0.4, -0.2) is 58.9 Å². The van der Waals surface area contributed by atoms with Gasteiger partial charge in [-0.05, 0) is 110 Å². The zero-order valence-corrected chi connectivity index (χ0v) is 25.3. The second-order valence-electron chi connectivity index (χ2n) is 15.9. The van der Waals surface area contributed by atoms with Gasteiger partial charge in [0, 0.05) is 6.54 Å². The summed E-state index contributed by atoms with van der Waals surface area (Å²) in [6.07, 6.45) is 5.93. The molecule has 1 amide bonds. The lowest BCUT2D eigenvalue weighted by Gasteiger charge is -2.63. The summed E-state index contributed by atoms with van der Waals surface area (Å²) in [4.78, 5) is 12.4. The molecule has 6 aliphatic rings. The zero-order chi connectivity index (χ0) is 28.3. The summed E-state index contributed by atoms with van der Waals surface area (Å²) in [6.45, 7) is 15.8. The van der Waals surface area contributed by atoms with Gasteiger partial charge in [-0.15, -0.1) is 0 Å². The zero-order valence-electron chi connectivity index (χ0n) is 25.3. The van der Waals surface area contributed by atoms with E-state index in [9.17, 15) is 15.0 Å². The number of amides is 1. The molecule has 6 rings (SSSR count). The van der Waals surface area contributed by atoms with E-state index in [2.05, 4.69) is 46.9 Å². The predicted molar refractivity (Wildman–Crippen MR) is 150 cm³/mol. The lowest BCUT2D eigenvalue weighted by atomic mass is 9.43. The Balaban J connectivity index is 1.31. The highest BCUT2D eigenvalue weighted by Crippen LogP contribution is 2.87. The summed E-state index contributed by atoms with van der Waals surface area (Å²) in [5.74, 6) is 1.38. The van der Waals surface area contributed by atoms with Crippen LogP contribution in [0.15, 0.2) is 0 Å². The third-order valence-corrected chi connectivity index (χ3v) is 13.9. The highest BCUT2D eigenvalue weighted by molar-refractivity contribution is 5.67. The normalized spacial score (nSPS) is 53.9. The van der Waals surface area contributed by atoms with Crippen molar-refractivity contribution in [1.29, 1.82) is 0 Å². The first-order valence-electron chi connectivity index (χ1n) is 16.0. The number of hydrogen-bond donors (Lipinski definition) is 4. The molecule has 6 fully saturated rings. The fourth-order valence-corrected chi connectivity index (χ4v) is 12.1. The first kappa shape index (κ1) is 28.2. The van der Waals surface area contributed by atoms with Crippen molar-refractivity contribution in [3.63, 3.8) is 0 Å². The molecule has 0 aromatic rings. The summed E-state index contributed by atoms with van der Waals surface area (Å²) < 4.78 is 12.7. The van der Waals surface area contributed by atoms with Gasteiger partial charge in [-0.25, -0.2) is 4.79 Å². The van der Waals surface area contributed by atoms with E-state index in [1.807, 2.05) is 6.92 Å². The van der Waals surface area contributed by atoms with E-state index in [-0.39, 0.29) is 63.8 Å². The van der Waals surface area contributed by atoms with Gasteiger partial charge in [-0.3, -0.25) is 0 Å². The first-order chi connectivity index (χ1) is 18.2. The quantitative estimate of drug-likeness (QED) is 0.409. The Labute approximate surface area is 235 Å². The second-order valence-corrected chi connectivity index (χ2v) is 15.9. The molecule has 0 aromatic heterocycles. The van der Waals surface area contributed by atoms with Crippen LogP contribution in [0.4, 0.5) is 4.79 Å². The fourth-order valence-electron chi connectivity index (χ4n) is 12.1. The van der Waals surface area contributed by atoms with Crippen molar-refractivity contribution in [3.8, 4) is 0 Å². The van der Waals surface area contributed by atoms with E-state index in [1.54, 1.807) is 0 Å². The van der Waals surface area contributed by atoms with E-state index in [0.717, 1.165) is 38.5 Å². The maximum Gasteiger partial charge on any atom is 0.407 e. The number of rotatable bonds is 4. The number of nitrogens with one attached hydrogen (secondary N) is 1. The number of alkyl carbamates (subject to hydrolysis) is 1. The topological polar surface area (TPSA) is 114 Å². The van der Waals surface area contributed by atoms with Gasteiger partial charge >= 0.3 is 6.09 Å². The summed E-state index contributed by atoms with van der Waals surface area (Å²) in [7, 11) is 0. The Hall–Kier alpha value is -0.890. The van der Waals surface area contributed by atoms with Crippen molar-refractivity contribution in [1.82, 2.24) is 5.32 Å². The minimum absolute atomic E-state index is 0.0711. The molecule has 13 atom stereocenters. The Morgan fingerprint density at radius 1 is 1.08 bits per heavy atom. The lowest BCUT2D eigenvalue weighted by Crippen LogP contribution is -2.70. The molecule has 0 radical (unpaired) electrons. The Morgan fingerprint density at radius 3 is 2.41 bits per heavy atom. The van der Waals surface area contributed by atoms with Gasteiger partial charge in [0.1, 0.15) is 6.10 Å². The summed E-state index contributed by atoms with van der Waals surface area (Å²) in [5.41, 5.74) is 7.14. The van der Waals surface area contributed by atoms with Gasteiger partial charge in [-0.2, -0.15) is 0 Å². The molecule has 7 heteroatoms. The molecule has 1 saturated heterocycles. The molecule has 13 unspecified atom stereocenters.